The molecule has 0 bridgehead atoms. The number of benzene rings is 7. The van der Waals surface area contributed by atoms with Crippen molar-refractivity contribution < 1.29 is 0 Å². The van der Waals surface area contributed by atoms with Crippen LogP contribution in [0.3, 0.4) is 0 Å². The molecule has 4 heteroatoms. The molecule has 9 rings (SSSR count). The van der Waals surface area contributed by atoms with Gasteiger partial charge in [0.05, 0.1) is 22.7 Å². The maximum atomic E-state index is 2.60. The van der Waals surface area contributed by atoms with Gasteiger partial charge in [0.15, 0.2) is 0 Å². The van der Waals surface area contributed by atoms with Crippen molar-refractivity contribution in [3.05, 3.63) is 179 Å². The summed E-state index contributed by atoms with van der Waals surface area (Å²) in [6.07, 6.45) is 0. The van der Waals surface area contributed by atoms with Crippen molar-refractivity contribution >= 4 is 80.3 Å². The highest BCUT2D eigenvalue weighted by molar-refractivity contribution is 7.11. The first-order chi connectivity index (χ1) is 30.8. The first-order valence-electron chi connectivity index (χ1n) is 24.2. The molecule has 0 unspecified atom stereocenters. The predicted molar refractivity (Wildman–Crippen MR) is 283 cm³/mol. The van der Waals surface area contributed by atoms with Gasteiger partial charge in [-0.25, -0.2) is 0 Å². The van der Waals surface area contributed by atoms with Crippen LogP contribution >= 0.6 is 0 Å². The van der Waals surface area contributed by atoms with Crippen LogP contribution in [0.5, 0.6) is 0 Å². The molecule has 2 aliphatic heterocycles. The third-order valence-electron chi connectivity index (χ3n) is 14.2. The Labute approximate surface area is 385 Å². The number of hydrogen-bond donors (Lipinski definition) is 0. The Morgan fingerprint density at radius 3 is 1.00 bits per heavy atom. The van der Waals surface area contributed by atoms with Crippen LogP contribution in [0.1, 0.15) is 152 Å². The van der Waals surface area contributed by atoms with E-state index in [1.807, 2.05) is 0 Å². The largest absolute Gasteiger partial charge is 0.306 e. The summed E-state index contributed by atoms with van der Waals surface area (Å²) in [5, 5.41) is 0. The fraction of sp³-hybridized carbons (Fsp3) is 0.300. The molecule has 0 N–H and O–H groups in total. The third-order valence-corrected chi connectivity index (χ3v) is 14.2. The maximum Gasteiger partial charge on any atom is 0.240 e. The summed E-state index contributed by atoms with van der Waals surface area (Å²) in [5.74, 6) is 2.35. The highest BCUT2D eigenvalue weighted by Crippen LogP contribution is 2.53. The van der Waals surface area contributed by atoms with Crippen LogP contribution in [0, 0.1) is 0 Å². The molecule has 2 nitrogen and oxygen atoms in total. The lowest BCUT2D eigenvalue weighted by Crippen LogP contribution is -2.76. The number of fused-ring (bicyclic) bond motifs is 4. The summed E-state index contributed by atoms with van der Waals surface area (Å²) in [5.41, 5.74) is 24.6. The molecule has 64 heavy (non-hydrogen) atoms. The fourth-order valence-electron chi connectivity index (χ4n) is 11.0. The van der Waals surface area contributed by atoms with Crippen molar-refractivity contribution in [2.75, 3.05) is 9.80 Å². The van der Waals surface area contributed by atoms with Crippen molar-refractivity contribution in [1.82, 2.24) is 0 Å². The van der Waals surface area contributed by atoms with Gasteiger partial charge < -0.3 is 9.80 Å². The van der Waals surface area contributed by atoms with Crippen LogP contribution in [0.25, 0.3) is 0 Å². The highest BCUT2D eigenvalue weighted by Gasteiger charge is 2.43. The molecule has 7 aromatic carbocycles. The SMILES string of the molecule is CC(C)c1cc(C(C)C)c(B2c3ccccc3B(c3c(C(C)C)cc(C(C)C)cc3C(C)C)c3cc(N4c5ccccc5N(c5ccccc5)c5ccccc54)ccc32)c(C(C)C)c1. The summed E-state index contributed by atoms with van der Waals surface area (Å²) >= 11 is 0. The van der Waals surface area contributed by atoms with Gasteiger partial charge in [-0.3, -0.25) is 0 Å². The first-order valence-corrected chi connectivity index (χ1v) is 24.2. The second-order valence-electron chi connectivity index (χ2n) is 20.4. The highest BCUT2D eigenvalue weighted by atomic mass is 15.3. The average Bonchev–Trinajstić information content (AvgIpc) is 3.29. The van der Waals surface area contributed by atoms with E-state index in [1.165, 1.54) is 94.6 Å². The molecule has 0 fully saturated rings. The number of nitrogens with zero attached hydrogens (tertiary/aromatic N) is 2. The molecule has 0 aliphatic carbocycles. The monoisotopic (exact) mass is 837 g/mol. The molecule has 7 aromatic rings. The summed E-state index contributed by atoms with van der Waals surface area (Å²) in [7, 11) is 0. The summed E-state index contributed by atoms with van der Waals surface area (Å²) < 4.78 is 0. The second kappa shape index (κ2) is 17.3. The first kappa shape index (κ1) is 43.5. The molecular formula is C60H66B2N2. The van der Waals surface area contributed by atoms with E-state index in [2.05, 4.69) is 238 Å². The van der Waals surface area contributed by atoms with E-state index >= 15 is 0 Å². The lowest BCUT2D eigenvalue weighted by Gasteiger charge is -2.41. The predicted octanol–water partition coefficient (Wildman–Crippen LogP) is 13.0. The van der Waals surface area contributed by atoms with Gasteiger partial charge in [0.1, 0.15) is 0 Å². The van der Waals surface area contributed by atoms with Crippen LogP contribution in [0.2, 0.25) is 0 Å². The summed E-state index contributed by atoms with van der Waals surface area (Å²) in [6, 6.07) is 56.0. The molecule has 0 spiro atoms. The van der Waals surface area contributed by atoms with Gasteiger partial charge in [-0.1, -0.05) is 213 Å². The van der Waals surface area contributed by atoms with Gasteiger partial charge in [-0.05, 0) is 117 Å². The maximum absolute atomic E-state index is 2.60. The van der Waals surface area contributed by atoms with Crippen molar-refractivity contribution in [2.24, 2.45) is 0 Å². The lowest BCUT2D eigenvalue weighted by molar-refractivity contribution is 0.812. The van der Waals surface area contributed by atoms with Crippen LogP contribution in [0.4, 0.5) is 34.1 Å². The minimum Gasteiger partial charge on any atom is -0.306 e. The molecule has 0 atom stereocenters. The molecule has 0 radical (unpaired) electrons. The number of anilines is 6. The molecule has 0 saturated carbocycles. The van der Waals surface area contributed by atoms with Crippen LogP contribution in [-0.2, 0) is 0 Å². The van der Waals surface area contributed by atoms with E-state index in [0.29, 0.717) is 35.5 Å². The fourth-order valence-corrected chi connectivity index (χ4v) is 11.0. The van der Waals surface area contributed by atoms with E-state index in [0.717, 1.165) is 5.69 Å². The summed E-state index contributed by atoms with van der Waals surface area (Å²) in [6.45, 7) is 28.8. The molecule has 2 heterocycles. The number of hydrogen-bond acceptors (Lipinski definition) is 2. The van der Waals surface area contributed by atoms with Crippen molar-refractivity contribution in [3.63, 3.8) is 0 Å². The molecular weight excluding hydrogens is 770 g/mol. The van der Waals surface area contributed by atoms with Gasteiger partial charge in [-0.2, -0.15) is 0 Å². The zero-order valence-corrected chi connectivity index (χ0v) is 40.4. The quantitative estimate of drug-likeness (QED) is 0.127. The van der Waals surface area contributed by atoms with E-state index in [-0.39, 0.29) is 13.4 Å². The lowest BCUT2D eigenvalue weighted by atomic mass is 9.20. The standard InChI is InChI=1S/C60H66B2N2/c1-37(2)43-32-47(39(5)6)59(48(33-43)40(7)8)61-51-24-16-17-25-52(51)62(60-49(41(9)10)34-44(38(3)4)35-50(60)42(11)12)54-36-46(30-31-53(54)61)64-57-28-20-18-26-55(57)63(45-22-14-13-15-23-45)56-27-19-21-29-58(56)64/h13-42H,1-12H3. The van der Waals surface area contributed by atoms with Crippen molar-refractivity contribution in [1.29, 1.82) is 0 Å². The molecule has 0 saturated heterocycles. The zero-order chi connectivity index (χ0) is 45.1. The van der Waals surface area contributed by atoms with Gasteiger partial charge in [0.2, 0.25) is 13.4 Å². The van der Waals surface area contributed by atoms with Gasteiger partial charge in [0.25, 0.3) is 0 Å². The van der Waals surface area contributed by atoms with E-state index in [9.17, 15) is 0 Å². The van der Waals surface area contributed by atoms with E-state index < -0.39 is 0 Å². The van der Waals surface area contributed by atoms with Crippen molar-refractivity contribution in [2.45, 2.75) is 119 Å². The number of rotatable bonds is 10. The molecule has 322 valence electrons. The Kier molecular flexibility index (Phi) is 11.8. The van der Waals surface area contributed by atoms with Crippen LogP contribution < -0.4 is 42.6 Å². The Morgan fingerprint density at radius 2 is 0.625 bits per heavy atom. The van der Waals surface area contributed by atoms with Gasteiger partial charge in [-0.15, -0.1) is 0 Å². The molecule has 2 aliphatic rings. The zero-order valence-electron chi connectivity index (χ0n) is 40.4. The number of para-hydroxylation sites is 5. The Balaban J connectivity index is 1.39. The van der Waals surface area contributed by atoms with E-state index in [1.54, 1.807) is 0 Å². The van der Waals surface area contributed by atoms with Crippen LogP contribution in [-0.4, -0.2) is 13.4 Å². The normalized spacial score (nSPS) is 13.4. The Morgan fingerprint density at radius 1 is 0.297 bits per heavy atom. The van der Waals surface area contributed by atoms with Crippen LogP contribution in [0.15, 0.2) is 146 Å². The molecule has 0 amide bonds. The molecule has 0 aromatic heterocycles. The average molecular weight is 837 g/mol. The van der Waals surface area contributed by atoms with Crippen molar-refractivity contribution in [3.8, 4) is 0 Å². The van der Waals surface area contributed by atoms with Gasteiger partial charge in [0, 0.05) is 11.4 Å². The topological polar surface area (TPSA) is 6.48 Å². The summed E-state index contributed by atoms with van der Waals surface area (Å²) in [4.78, 5) is 4.96. The smallest absolute Gasteiger partial charge is 0.240 e. The third kappa shape index (κ3) is 7.41. The minimum atomic E-state index is 0.0504. The van der Waals surface area contributed by atoms with E-state index in [4.69, 9.17) is 0 Å². The second-order valence-corrected chi connectivity index (χ2v) is 20.4. The minimum absolute atomic E-state index is 0.0504. The van der Waals surface area contributed by atoms with Gasteiger partial charge >= 0.3 is 0 Å². The Bertz CT molecular complexity index is 2730. The Hall–Kier alpha value is -5.73.